The Kier molecular flexibility index (Phi) is 20.6. The van der Waals surface area contributed by atoms with Crippen LogP contribution >= 0.6 is 68.0 Å². The van der Waals surface area contributed by atoms with Crippen LogP contribution in [-0.4, -0.2) is 69.0 Å². The summed E-state index contributed by atoms with van der Waals surface area (Å²) in [5.41, 5.74) is 8.94. The molecule has 0 unspecified atom stereocenters. The molecule has 0 N–H and O–H groups in total. The Labute approximate surface area is 581 Å². The number of benzene rings is 2. The molecule has 97 heavy (non-hydrogen) atoms. The standard InChI is InChI=1S/C39H33N3O4S3.C36H27N3O6S3/c1-3-5-7-27-29-13-16-47-38(29)28(8-6-4-2)30-21-37(49-39(27)30)36-10-9-35(48-36)24-11-14-40-31(17-24)33-19-26(46-23-44)20-34(42-33)32-18-25(45-22-43)12-15-41-32;1-3-12-43-34-35-24(9-13-46-35)33(42-4-2)25-18-32(48-36(25)34)31-6-5-30(47-31)21-7-10-37-26(14-21)28-16-23(45-20-41)17-29(39-28)27-15-22(44-19-40)8-11-38-27/h9-23H,3-8H2,1-2H3;5-11,13-20H,3-4,12H2,1-2H3. The third-order valence-electron chi connectivity index (χ3n) is 15.8. The Morgan fingerprint density at radius 3 is 1.31 bits per heavy atom. The van der Waals surface area contributed by atoms with Crippen LogP contribution in [0.5, 0.6) is 34.5 Å². The fraction of sp³-hybridized carbons (Fsp3) is 0.173. The van der Waals surface area contributed by atoms with Gasteiger partial charge in [-0.05, 0) is 168 Å². The van der Waals surface area contributed by atoms with Crippen molar-refractivity contribution in [3.05, 3.63) is 168 Å². The van der Waals surface area contributed by atoms with Gasteiger partial charge in [-0.1, -0.05) is 33.6 Å². The minimum atomic E-state index is 0.275. The van der Waals surface area contributed by atoms with E-state index in [4.69, 9.17) is 38.4 Å². The summed E-state index contributed by atoms with van der Waals surface area (Å²) < 4.78 is 38.0. The normalized spacial score (nSPS) is 11.2. The summed E-state index contributed by atoms with van der Waals surface area (Å²) in [5, 5.41) is 9.36. The maximum absolute atomic E-state index is 11.3. The van der Waals surface area contributed by atoms with Crippen molar-refractivity contribution < 1.29 is 47.6 Å². The van der Waals surface area contributed by atoms with Crippen molar-refractivity contribution in [2.45, 2.75) is 72.6 Å². The van der Waals surface area contributed by atoms with Crippen LogP contribution in [0.25, 0.3) is 126 Å². The highest BCUT2D eigenvalue weighted by Gasteiger charge is 2.24. The highest BCUT2D eigenvalue weighted by Crippen LogP contribution is 2.52. The van der Waals surface area contributed by atoms with E-state index in [1.165, 1.54) is 79.1 Å². The summed E-state index contributed by atoms with van der Waals surface area (Å²) in [4.78, 5) is 78.7. The van der Waals surface area contributed by atoms with E-state index in [9.17, 15) is 19.2 Å². The molecule has 0 atom stereocenters. The fourth-order valence-corrected chi connectivity index (χ4v) is 18.0. The lowest BCUT2D eigenvalue weighted by molar-refractivity contribution is -0.121. The molecule has 14 aromatic rings. The quantitative estimate of drug-likeness (QED) is 0.0440. The molecule has 0 amide bonds. The molecule has 0 saturated carbocycles. The Bertz CT molecular complexity index is 5140. The molecule has 16 nitrogen and oxygen atoms in total. The first-order valence-corrected chi connectivity index (χ1v) is 36.4. The second-order valence-electron chi connectivity index (χ2n) is 22.1. The van der Waals surface area contributed by atoms with Gasteiger partial charge in [0.1, 0.15) is 28.7 Å². The van der Waals surface area contributed by atoms with Gasteiger partial charge < -0.3 is 28.4 Å². The highest BCUT2D eigenvalue weighted by atomic mass is 32.1. The maximum Gasteiger partial charge on any atom is 0.298 e. The lowest BCUT2D eigenvalue weighted by atomic mass is 9.96. The van der Waals surface area contributed by atoms with Crippen molar-refractivity contribution in [3.8, 4) is 120 Å². The topological polar surface area (TPSA) is 201 Å². The number of carbonyl (C=O) groups excluding carboxylic acids is 4. The highest BCUT2D eigenvalue weighted by molar-refractivity contribution is 7.28. The molecular weight excluding hydrogens is 1340 g/mol. The average Bonchev–Trinajstić information content (AvgIpc) is 1.61. The monoisotopic (exact) mass is 1400 g/mol. The van der Waals surface area contributed by atoms with E-state index < -0.39 is 0 Å². The number of nitrogens with zero attached hydrogens (tertiary/aromatic N) is 6. The molecule has 22 heteroatoms. The molecule has 2 aromatic carbocycles. The Hall–Kier alpha value is -9.94. The van der Waals surface area contributed by atoms with E-state index in [-0.39, 0.29) is 5.75 Å². The van der Waals surface area contributed by atoms with E-state index in [1.807, 2.05) is 53.9 Å². The summed E-state index contributed by atoms with van der Waals surface area (Å²) in [6.45, 7) is 11.3. The zero-order chi connectivity index (χ0) is 66.8. The number of hydrogen-bond donors (Lipinski definition) is 0. The van der Waals surface area contributed by atoms with Crippen molar-refractivity contribution >= 4 is 134 Å². The number of thiophene rings is 6. The largest absolute Gasteiger partial charge is 0.493 e. The van der Waals surface area contributed by atoms with Crippen LogP contribution in [0.4, 0.5) is 0 Å². The molecular formula is C75H60N6O10S6. The number of hydrogen-bond acceptors (Lipinski definition) is 22. The van der Waals surface area contributed by atoms with E-state index >= 15 is 0 Å². The predicted octanol–water partition coefficient (Wildman–Crippen LogP) is 20.1. The lowest BCUT2D eigenvalue weighted by Gasteiger charge is -2.12. The fourth-order valence-electron chi connectivity index (χ4n) is 11.4. The van der Waals surface area contributed by atoms with Gasteiger partial charge in [0.15, 0.2) is 5.75 Å². The minimum absolute atomic E-state index is 0.275. The number of aryl methyl sites for hydroxylation is 2. The maximum atomic E-state index is 11.3. The van der Waals surface area contributed by atoms with Crippen molar-refractivity contribution in [2.24, 2.45) is 0 Å². The molecule has 0 radical (unpaired) electrons. The van der Waals surface area contributed by atoms with Gasteiger partial charge in [0.2, 0.25) is 0 Å². The second-order valence-corrected chi connectivity index (χ2v) is 28.2. The van der Waals surface area contributed by atoms with E-state index in [0.29, 0.717) is 102 Å². The van der Waals surface area contributed by atoms with Crippen molar-refractivity contribution in [1.82, 2.24) is 29.9 Å². The van der Waals surface area contributed by atoms with E-state index in [1.54, 1.807) is 106 Å². The number of pyridine rings is 6. The van der Waals surface area contributed by atoms with Gasteiger partial charge in [-0.15, -0.1) is 68.0 Å². The summed E-state index contributed by atoms with van der Waals surface area (Å²) in [6, 6.07) is 38.4. The molecule has 14 rings (SSSR count). The number of unbranched alkanes of at least 4 members (excludes halogenated alkanes) is 2. The van der Waals surface area contributed by atoms with Crippen LogP contribution in [-0.2, 0) is 32.0 Å². The molecule has 0 aliphatic carbocycles. The van der Waals surface area contributed by atoms with Gasteiger partial charge in [-0.3, -0.25) is 39.1 Å². The number of rotatable bonds is 27. The first-order valence-electron chi connectivity index (χ1n) is 31.4. The number of aromatic nitrogens is 6. The predicted molar refractivity (Wildman–Crippen MR) is 391 cm³/mol. The molecule has 0 aliphatic heterocycles. The minimum Gasteiger partial charge on any atom is -0.493 e. The molecule has 486 valence electrons. The summed E-state index contributed by atoms with van der Waals surface area (Å²) in [6.07, 6.45) is 14.4. The van der Waals surface area contributed by atoms with Gasteiger partial charge in [0.05, 0.1) is 68.2 Å². The van der Waals surface area contributed by atoms with E-state index in [2.05, 4.69) is 100.0 Å². The van der Waals surface area contributed by atoms with Gasteiger partial charge >= 0.3 is 0 Å². The van der Waals surface area contributed by atoms with Gasteiger partial charge in [0, 0.05) is 111 Å². The van der Waals surface area contributed by atoms with Crippen LogP contribution in [0.3, 0.4) is 0 Å². The van der Waals surface area contributed by atoms with E-state index in [0.717, 1.165) is 81.6 Å². The Morgan fingerprint density at radius 2 is 0.804 bits per heavy atom. The van der Waals surface area contributed by atoms with Crippen LogP contribution in [0.15, 0.2) is 157 Å². The molecule has 0 aliphatic rings. The Balaban J connectivity index is 0.000000175. The first-order chi connectivity index (χ1) is 47.7. The lowest BCUT2D eigenvalue weighted by Crippen LogP contribution is -1.97. The molecule has 12 aromatic heterocycles. The molecule has 0 saturated heterocycles. The SMILES string of the molecule is CCCCc1c2cc(-c3ccc(-c4ccnc(-c5cc(OC=O)cc(-c6cc(OC=O)ccn6)n5)c4)s3)sc2c(CCCC)c2ccsc12.CCCOc1c2sccc2c(OCC)c2cc(-c3ccc(-c4ccnc(-c5cc(OC=O)cc(-c6cc(OC=O)ccn6)n5)c4)s3)sc12. The zero-order valence-corrected chi connectivity index (χ0v) is 57.8. The molecule has 12 heterocycles. The molecule has 0 spiro atoms. The second kappa shape index (κ2) is 30.4. The zero-order valence-electron chi connectivity index (χ0n) is 52.9. The van der Waals surface area contributed by atoms with Gasteiger partial charge in [-0.2, -0.15) is 0 Å². The van der Waals surface area contributed by atoms with Gasteiger partial charge in [-0.25, -0.2) is 9.97 Å². The summed E-state index contributed by atoms with van der Waals surface area (Å²) >= 11 is 10.7. The van der Waals surface area contributed by atoms with Crippen LogP contribution in [0, 0.1) is 0 Å². The third-order valence-corrected chi connectivity index (χ3v) is 22.7. The Morgan fingerprint density at radius 1 is 0.361 bits per heavy atom. The smallest absolute Gasteiger partial charge is 0.298 e. The average molecular weight is 1400 g/mol. The van der Waals surface area contributed by atoms with Gasteiger partial charge in [0.25, 0.3) is 25.9 Å². The first kappa shape index (κ1) is 65.7. The number of fused-ring (bicyclic) bond motifs is 4. The summed E-state index contributed by atoms with van der Waals surface area (Å²) in [7, 11) is 0. The van der Waals surface area contributed by atoms with Crippen LogP contribution < -0.4 is 28.4 Å². The van der Waals surface area contributed by atoms with Crippen molar-refractivity contribution in [2.75, 3.05) is 13.2 Å². The molecule has 0 bridgehead atoms. The number of carbonyl (C=O) groups is 4. The van der Waals surface area contributed by atoms with Crippen molar-refractivity contribution in [3.63, 3.8) is 0 Å². The third kappa shape index (κ3) is 14.2. The van der Waals surface area contributed by atoms with Crippen LogP contribution in [0.2, 0.25) is 0 Å². The van der Waals surface area contributed by atoms with Crippen molar-refractivity contribution in [1.29, 1.82) is 0 Å². The number of ether oxygens (including phenoxy) is 6. The van der Waals surface area contributed by atoms with Crippen LogP contribution in [0.1, 0.15) is 70.9 Å². The molecule has 0 fully saturated rings. The summed E-state index contributed by atoms with van der Waals surface area (Å²) in [5.74, 6) is 3.04.